The average molecular weight is 264 g/mol. The van der Waals surface area contributed by atoms with E-state index < -0.39 is 5.97 Å². The van der Waals surface area contributed by atoms with Crippen molar-refractivity contribution in [1.82, 2.24) is 4.90 Å². The molecule has 0 radical (unpaired) electrons. The number of hydrogen-bond donors (Lipinski definition) is 2. The fraction of sp³-hybridized carbons (Fsp3) is 0.429. The number of aliphatic carboxylic acids is 1. The first-order chi connectivity index (χ1) is 8.97. The molecule has 104 valence electrons. The van der Waals surface area contributed by atoms with Crippen molar-refractivity contribution >= 4 is 17.6 Å². The van der Waals surface area contributed by atoms with Crippen LogP contribution in [-0.2, 0) is 9.59 Å². The molecule has 2 N–H and O–H groups in total. The first kappa shape index (κ1) is 15.2. The van der Waals surface area contributed by atoms with Crippen molar-refractivity contribution in [2.24, 2.45) is 5.92 Å². The lowest BCUT2D eigenvalue weighted by atomic mass is 10.2. The van der Waals surface area contributed by atoms with Crippen molar-refractivity contribution in [3.63, 3.8) is 0 Å². The van der Waals surface area contributed by atoms with E-state index in [-0.39, 0.29) is 19.0 Å². The summed E-state index contributed by atoms with van der Waals surface area (Å²) in [5.74, 6) is -0.815. The summed E-state index contributed by atoms with van der Waals surface area (Å²) in [5.41, 5.74) is 0.715. The van der Waals surface area contributed by atoms with Crippen LogP contribution >= 0.6 is 0 Å². The van der Waals surface area contributed by atoms with Gasteiger partial charge in [-0.1, -0.05) is 32.0 Å². The zero-order valence-electron chi connectivity index (χ0n) is 11.3. The lowest BCUT2D eigenvalue weighted by Crippen LogP contribution is -2.39. The van der Waals surface area contributed by atoms with Crippen molar-refractivity contribution in [3.8, 4) is 0 Å². The summed E-state index contributed by atoms with van der Waals surface area (Å²) in [6.07, 6.45) is 0. The molecule has 5 nitrogen and oxygen atoms in total. The molecule has 1 rings (SSSR count). The van der Waals surface area contributed by atoms with Gasteiger partial charge >= 0.3 is 5.97 Å². The topological polar surface area (TPSA) is 69.6 Å². The summed E-state index contributed by atoms with van der Waals surface area (Å²) in [7, 11) is 0. The lowest BCUT2D eigenvalue weighted by Gasteiger charge is -2.21. The minimum absolute atomic E-state index is 0.0827. The number of carbonyl (C=O) groups is 2. The monoisotopic (exact) mass is 264 g/mol. The molecule has 1 aromatic rings. The molecule has 0 bridgehead atoms. The minimum Gasteiger partial charge on any atom is -0.480 e. The third kappa shape index (κ3) is 6.57. The van der Waals surface area contributed by atoms with E-state index in [1.165, 1.54) is 0 Å². The second kappa shape index (κ2) is 7.53. The van der Waals surface area contributed by atoms with Gasteiger partial charge in [0.25, 0.3) is 0 Å². The van der Waals surface area contributed by atoms with E-state index in [0.717, 1.165) is 0 Å². The highest BCUT2D eigenvalue weighted by atomic mass is 16.4. The summed E-state index contributed by atoms with van der Waals surface area (Å²) in [4.78, 5) is 24.2. The summed E-state index contributed by atoms with van der Waals surface area (Å²) in [6, 6.07) is 9.12. The maximum absolute atomic E-state index is 11.8. The quantitative estimate of drug-likeness (QED) is 0.786. The number of carbonyl (C=O) groups excluding carboxylic acids is 1. The van der Waals surface area contributed by atoms with E-state index in [9.17, 15) is 9.59 Å². The molecule has 0 saturated heterocycles. The van der Waals surface area contributed by atoms with Crippen LogP contribution in [0.15, 0.2) is 30.3 Å². The number of nitrogens with zero attached hydrogens (tertiary/aromatic N) is 1. The van der Waals surface area contributed by atoms with Gasteiger partial charge < -0.3 is 10.4 Å². The lowest BCUT2D eigenvalue weighted by molar-refractivity contribution is -0.138. The first-order valence-corrected chi connectivity index (χ1v) is 6.26. The molecule has 0 aliphatic rings. The number of carboxylic acid groups (broad SMARTS) is 1. The van der Waals surface area contributed by atoms with Crippen LogP contribution in [0.4, 0.5) is 5.69 Å². The number of rotatable bonds is 7. The third-order valence-electron chi connectivity index (χ3n) is 2.41. The fourth-order valence-electron chi connectivity index (χ4n) is 1.82. The van der Waals surface area contributed by atoms with Crippen LogP contribution in [0.5, 0.6) is 0 Å². The summed E-state index contributed by atoms with van der Waals surface area (Å²) >= 11 is 0. The van der Waals surface area contributed by atoms with Gasteiger partial charge in [-0.2, -0.15) is 0 Å². The SMILES string of the molecule is CC(C)CN(CC(=O)O)CC(=O)Nc1ccccc1. The Balaban J connectivity index is 2.53. The molecule has 0 saturated carbocycles. The van der Waals surface area contributed by atoms with Crippen LogP contribution in [0.25, 0.3) is 0 Å². The zero-order valence-corrected chi connectivity index (χ0v) is 11.3. The van der Waals surface area contributed by atoms with E-state index in [0.29, 0.717) is 18.2 Å². The molecule has 0 spiro atoms. The van der Waals surface area contributed by atoms with Gasteiger partial charge in [-0.15, -0.1) is 0 Å². The molecule has 0 aromatic heterocycles. The highest BCUT2D eigenvalue weighted by Gasteiger charge is 2.15. The van der Waals surface area contributed by atoms with Gasteiger partial charge in [0, 0.05) is 12.2 Å². The number of hydrogen-bond acceptors (Lipinski definition) is 3. The maximum Gasteiger partial charge on any atom is 0.317 e. The molecule has 0 atom stereocenters. The molecule has 19 heavy (non-hydrogen) atoms. The second-order valence-corrected chi connectivity index (χ2v) is 4.87. The van der Waals surface area contributed by atoms with Gasteiger partial charge in [-0.25, -0.2) is 0 Å². The molecule has 1 amide bonds. The van der Waals surface area contributed by atoms with Crippen molar-refractivity contribution in [1.29, 1.82) is 0 Å². The average Bonchev–Trinajstić information content (AvgIpc) is 2.27. The molecular weight excluding hydrogens is 244 g/mol. The fourth-order valence-corrected chi connectivity index (χ4v) is 1.82. The molecular formula is C14H20N2O3. The Morgan fingerprint density at radius 2 is 1.84 bits per heavy atom. The van der Waals surface area contributed by atoms with Gasteiger partial charge in [0.1, 0.15) is 0 Å². The van der Waals surface area contributed by atoms with Crippen LogP contribution in [0.2, 0.25) is 0 Å². The molecule has 0 unspecified atom stereocenters. The summed E-state index contributed by atoms with van der Waals surface area (Å²) < 4.78 is 0. The van der Waals surface area contributed by atoms with E-state index in [1.54, 1.807) is 17.0 Å². The second-order valence-electron chi connectivity index (χ2n) is 4.87. The zero-order chi connectivity index (χ0) is 14.3. The number of anilines is 1. The van der Waals surface area contributed by atoms with Gasteiger partial charge in [0.2, 0.25) is 5.91 Å². The van der Waals surface area contributed by atoms with Crippen molar-refractivity contribution in [2.75, 3.05) is 25.0 Å². The van der Waals surface area contributed by atoms with Crippen molar-refractivity contribution in [3.05, 3.63) is 30.3 Å². The largest absolute Gasteiger partial charge is 0.480 e. The summed E-state index contributed by atoms with van der Waals surface area (Å²) in [6.45, 7) is 4.52. The Morgan fingerprint density at radius 3 is 2.37 bits per heavy atom. The maximum atomic E-state index is 11.8. The van der Waals surface area contributed by atoms with Crippen molar-refractivity contribution in [2.45, 2.75) is 13.8 Å². The van der Waals surface area contributed by atoms with E-state index in [4.69, 9.17) is 5.11 Å². The first-order valence-electron chi connectivity index (χ1n) is 6.26. The Morgan fingerprint density at radius 1 is 1.21 bits per heavy atom. The Kier molecular flexibility index (Phi) is 6.02. The number of benzene rings is 1. The van der Waals surface area contributed by atoms with Crippen LogP contribution in [0, 0.1) is 5.92 Å². The van der Waals surface area contributed by atoms with Crippen LogP contribution in [0.3, 0.4) is 0 Å². The smallest absolute Gasteiger partial charge is 0.317 e. The number of para-hydroxylation sites is 1. The van der Waals surface area contributed by atoms with Crippen molar-refractivity contribution < 1.29 is 14.7 Å². The molecule has 0 aliphatic carbocycles. The minimum atomic E-state index is -0.923. The molecule has 0 fully saturated rings. The molecule has 5 heteroatoms. The van der Waals surface area contributed by atoms with Gasteiger partial charge in [0.15, 0.2) is 0 Å². The standard InChI is InChI=1S/C14H20N2O3/c1-11(2)8-16(10-14(18)19)9-13(17)15-12-6-4-3-5-7-12/h3-7,11H,8-10H2,1-2H3,(H,15,17)(H,18,19). The number of carboxylic acids is 1. The Labute approximate surface area is 113 Å². The Bertz CT molecular complexity index is 418. The van der Waals surface area contributed by atoms with Crippen LogP contribution in [0.1, 0.15) is 13.8 Å². The number of amides is 1. The van der Waals surface area contributed by atoms with E-state index in [1.807, 2.05) is 32.0 Å². The Hall–Kier alpha value is -1.88. The molecule has 0 heterocycles. The van der Waals surface area contributed by atoms with E-state index >= 15 is 0 Å². The predicted molar refractivity (Wildman–Crippen MR) is 74.0 cm³/mol. The van der Waals surface area contributed by atoms with Crippen LogP contribution < -0.4 is 5.32 Å². The van der Waals surface area contributed by atoms with Gasteiger partial charge in [-0.05, 0) is 18.1 Å². The summed E-state index contributed by atoms with van der Waals surface area (Å²) in [5, 5.41) is 11.6. The van der Waals surface area contributed by atoms with Gasteiger partial charge in [0.05, 0.1) is 13.1 Å². The predicted octanol–water partition coefficient (Wildman–Crippen LogP) is 1.67. The third-order valence-corrected chi connectivity index (χ3v) is 2.41. The molecule has 0 aliphatic heterocycles. The van der Waals surface area contributed by atoms with Crippen LogP contribution in [-0.4, -0.2) is 41.5 Å². The van der Waals surface area contributed by atoms with E-state index in [2.05, 4.69) is 5.32 Å². The highest BCUT2D eigenvalue weighted by Crippen LogP contribution is 2.05. The van der Waals surface area contributed by atoms with Gasteiger partial charge in [-0.3, -0.25) is 14.5 Å². The highest BCUT2D eigenvalue weighted by molar-refractivity contribution is 5.92. The number of nitrogens with one attached hydrogen (secondary N) is 1. The normalized spacial score (nSPS) is 10.7. The molecule has 1 aromatic carbocycles.